The number of carbonyl (C=O) groups is 1. The van der Waals surface area contributed by atoms with E-state index in [2.05, 4.69) is 10.1 Å². The third-order valence-electron chi connectivity index (χ3n) is 4.99. The fourth-order valence-corrected chi connectivity index (χ4v) is 4.60. The molecule has 31 heavy (non-hydrogen) atoms. The lowest BCUT2D eigenvalue weighted by molar-refractivity contribution is 0.0946. The number of hydrogen-bond donors (Lipinski definition) is 2. The van der Waals surface area contributed by atoms with Gasteiger partial charge in [0.05, 0.1) is 11.4 Å². The third-order valence-corrected chi connectivity index (χ3v) is 6.07. The van der Waals surface area contributed by atoms with Crippen LogP contribution in [0.25, 0.3) is 32.6 Å². The normalized spacial score (nSPS) is 11.1. The number of H-pyrrole nitrogens is 1. The number of nitrogens with one attached hydrogen (secondary N) is 1. The quantitative estimate of drug-likeness (QED) is 0.451. The Kier molecular flexibility index (Phi) is 4.48. The van der Waals surface area contributed by atoms with Crippen LogP contribution in [0.1, 0.15) is 15.4 Å². The van der Waals surface area contributed by atoms with Gasteiger partial charge in [0.1, 0.15) is 9.71 Å². The summed E-state index contributed by atoms with van der Waals surface area (Å²) in [5.41, 5.74) is 10.4. The second-order valence-electron chi connectivity index (χ2n) is 7.11. The van der Waals surface area contributed by atoms with E-state index in [-0.39, 0.29) is 4.88 Å². The number of thiophene rings is 1. The average Bonchev–Trinajstić information content (AvgIpc) is 3.32. The van der Waals surface area contributed by atoms with Crippen molar-refractivity contribution in [3.8, 4) is 22.4 Å². The molecule has 0 unspecified atom stereocenters. The Morgan fingerprint density at radius 3 is 2.55 bits per heavy atom. The van der Waals surface area contributed by atoms with Gasteiger partial charge in [-0.3, -0.25) is 19.7 Å². The number of aromatic nitrogens is 4. The van der Waals surface area contributed by atoms with Gasteiger partial charge in [-0.2, -0.15) is 4.68 Å². The molecule has 4 heterocycles. The number of pyridine rings is 2. The SMILES string of the molecule is Cc1cc(=O)n(C(=O)c2sc3nc(-c4cccnc4)cc(-c4ccccc4)c3c2N)[nH]1. The van der Waals surface area contributed by atoms with Crippen LogP contribution in [0.2, 0.25) is 0 Å². The molecular weight excluding hydrogens is 410 g/mol. The highest BCUT2D eigenvalue weighted by molar-refractivity contribution is 7.21. The zero-order valence-corrected chi connectivity index (χ0v) is 17.3. The Bertz CT molecular complexity index is 1480. The molecule has 4 aromatic heterocycles. The van der Waals surface area contributed by atoms with Crippen molar-refractivity contribution in [2.75, 3.05) is 5.73 Å². The zero-order chi connectivity index (χ0) is 21.5. The molecule has 1 aromatic carbocycles. The molecule has 0 atom stereocenters. The van der Waals surface area contributed by atoms with Crippen molar-refractivity contribution >= 4 is 33.1 Å². The molecule has 0 fully saturated rings. The van der Waals surface area contributed by atoms with Crippen LogP contribution in [-0.2, 0) is 0 Å². The minimum absolute atomic E-state index is 0.270. The summed E-state index contributed by atoms with van der Waals surface area (Å²) in [4.78, 5) is 35.1. The second kappa shape index (κ2) is 7.33. The van der Waals surface area contributed by atoms with E-state index < -0.39 is 11.5 Å². The summed E-state index contributed by atoms with van der Waals surface area (Å²) < 4.78 is 0.973. The molecule has 3 N–H and O–H groups in total. The minimum atomic E-state index is -0.500. The molecule has 0 aliphatic carbocycles. The highest BCUT2D eigenvalue weighted by atomic mass is 32.1. The summed E-state index contributed by atoms with van der Waals surface area (Å²) in [6.45, 7) is 1.72. The van der Waals surface area contributed by atoms with Gasteiger partial charge in [0, 0.05) is 35.1 Å². The van der Waals surface area contributed by atoms with E-state index >= 15 is 0 Å². The van der Waals surface area contributed by atoms with E-state index in [1.807, 2.05) is 48.5 Å². The number of aryl methyl sites for hydroxylation is 1. The van der Waals surface area contributed by atoms with E-state index in [1.54, 1.807) is 19.3 Å². The number of nitrogens with zero attached hydrogens (tertiary/aromatic N) is 3. The number of rotatable bonds is 3. The van der Waals surface area contributed by atoms with E-state index in [0.29, 0.717) is 21.6 Å². The number of fused-ring (bicyclic) bond motifs is 1. The Hall–Kier alpha value is -4.04. The first-order valence-electron chi connectivity index (χ1n) is 9.55. The molecule has 0 radical (unpaired) electrons. The predicted molar refractivity (Wildman–Crippen MR) is 122 cm³/mol. The number of nitrogens with two attached hydrogens (primary N) is 1. The standard InChI is InChI=1S/C23H17N5O2S/c1-13-10-18(29)28(27-13)23(30)21-20(24)19-16(14-6-3-2-4-7-14)11-17(26-22(19)31-21)15-8-5-9-25-12-15/h2-12,27H,24H2,1H3. The van der Waals surface area contributed by atoms with Gasteiger partial charge >= 0.3 is 0 Å². The van der Waals surface area contributed by atoms with Gasteiger partial charge in [-0.25, -0.2) is 4.98 Å². The summed E-state index contributed by atoms with van der Waals surface area (Å²) >= 11 is 1.18. The maximum atomic E-state index is 13.1. The van der Waals surface area contributed by atoms with Crippen LogP contribution < -0.4 is 11.3 Å². The lowest BCUT2D eigenvalue weighted by Crippen LogP contribution is -2.24. The largest absolute Gasteiger partial charge is 0.397 e. The fraction of sp³-hybridized carbons (Fsp3) is 0.0435. The maximum absolute atomic E-state index is 13.1. The van der Waals surface area contributed by atoms with Crippen LogP contribution in [0.3, 0.4) is 0 Å². The average molecular weight is 427 g/mol. The monoisotopic (exact) mass is 427 g/mol. The smallest absolute Gasteiger partial charge is 0.291 e. The van der Waals surface area contributed by atoms with Crippen LogP contribution >= 0.6 is 11.3 Å². The number of carbonyl (C=O) groups excluding carboxylic acids is 1. The Balaban J connectivity index is 1.78. The number of hydrogen-bond acceptors (Lipinski definition) is 6. The first kappa shape index (κ1) is 19.0. The molecule has 0 saturated carbocycles. The van der Waals surface area contributed by atoms with Crippen molar-refractivity contribution in [1.82, 2.24) is 19.7 Å². The number of aromatic amines is 1. The van der Waals surface area contributed by atoms with E-state index in [9.17, 15) is 9.59 Å². The number of anilines is 1. The molecule has 0 spiro atoms. The van der Waals surface area contributed by atoms with E-state index in [1.165, 1.54) is 17.4 Å². The minimum Gasteiger partial charge on any atom is -0.397 e. The van der Waals surface area contributed by atoms with Gasteiger partial charge in [-0.15, -0.1) is 11.3 Å². The van der Waals surface area contributed by atoms with Crippen molar-refractivity contribution in [3.63, 3.8) is 0 Å². The molecule has 152 valence electrons. The summed E-state index contributed by atoms with van der Waals surface area (Å²) in [7, 11) is 0. The highest BCUT2D eigenvalue weighted by Gasteiger charge is 2.24. The van der Waals surface area contributed by atoms with Crippen LogP contribution in [0, 0.1) is 6.92 Å². The first-order valence-corrected chi connectivity index (χ1v) is 10.4. The van der Waals surface area contributed by atoms with Gasteiger partial charge in [-0.05, 0) is 36.2 Å². The fourth-order valence-electron chi connectivity index (χ4n) is 3.55. The van der Waals surface area contributed by atoms with Gasteiger partial charge in [0.2, 0.25) is 0 Å². The van der Waals surface area contributed by atoms with Gasteiger partial charge < -0.3 is 5.73 Å². The lowest BCUT2D eigenvalue weighted by Gasteiger charge is -2.08. The maximum Gasteiger partial charge on any atom is 0.291 e. The molecule has 0 aliphatic heterocycles. The summed E-state index contributed by atoms with van der Waals surface area (Å²) in [5, 5.41) is 3.47. The van der Waals surface area contributed by atoms with Crippen LogP contribution in [0.5, 0.6) is 0 Å². The second-order valence-corrected chi connectivity index (χ2v) is 8.10. The molecule has 8 heteroatoms. The van der Waals surface area contributed by atoms with Gasteiger partial charge in [-0.1, -0.05) is 30.3 Å². The van der Waals surface area contributed by atoms with Crippen molar-refractivity contribution < 1.29 is 4.79 Å². The van der Waals surface area contributed by atoms with Crippen molar-refractivity contribution in [3.05, 3.63) is 87.9 Å². The molecule has 5 rings (SSSR count). The molecule has 0 amide bonds. The molecule has 0 saturated heterocycles. The third kappa shape index (κ3) is 3.23. The van der Waals surface area contributed by atoms with Crippen LogP contribution in [0.4, 0.5) is 5.69 Å². The first-order chi connectivity index (χ1) is 15.0. The summed E-state index contributed by atoms with van der Waals surface area (Å²) in [5.74, 6) is -0.500. The Morgan fingerprint density at radius 1 is 1.10 bits per heavy atom. The topological polar surface area (TPSA) is 107 Å². The van der Waals surface area contributed by atoms with Crippen molar-refractivity contribution in [1.29, 1.82) is 0 Å². The van der Waals surface area contributed by atoms with Gasteiger partial charge in [0.25, 0.3) is 11.5 Å². The van der Waals surface area contributed by atoms with E-state index in [4.69, 9.17) is 10.7 Å². The van der Waals surface area contributed by atoms with Crippen molar-refractivity contribution in [2.45, 2.75) is 6.92 Å². The van der Waals surface area contributed by atoms with Crippen LogP contribution in [0.15, 0.2) is 71.8 Å². The number of benzene rings is 1. The van der Waals surface area contributed by atoms with Crippen molar-refractivity contribution in [2.24, 2.45) is 0 Å². The van der Waals surface area contributed by atoms with E-state index in [0.717, 1.165) is 27.1 Å². The predicted octanol–water partition coefficient (Wildman–Crippen LogP) is 4.09. The molecule has 0 aliphatic rings. The Morgan fingerprint density at radius 2 is 1.87 bits per heavy atom. The van der Waals surface area contributed by atoms with Gasteiger partial charge in [0.15, 0.2) is 0 Å². The zero-order valence-electron chi connectivity index (χ0n) is 16.5. The summed E-state index contributed by atoms with van der Waals surface area (Å²) in [6, 6.07) is 16.9. The molecule has 0 bridgehead atoms. The van der Waals surface area contributed by atoms with Crippen LogP contribution in [-0.4, -0.2) is 25.7 Å². The summed E-state index contributed by atoms with van der Waals surface area (Å²) in [6.07, 6.45) is 3.45. The molecule has 5 aromatic rings. The molecular formula is C23H17N5O2S. The number of nitrogen functional groups attached to an aromatic ring is 1. The highest BCUT2D eigenvalue weighted by Crippen LogP contribution is 2.41. The Labute approximate surface area is 180 Å². The molecule has 7 nitrogen and oxygen atoms in total. The lowest BCUT2D eigenvalue weighted by atomic mass is 10.00.